The SMILES string of the molecule is CCc1cccc(CC)c1NC(=O)CSc1nc(Cc2ccccc2)c(C)[nH]1. The molecule has 3 rings (SSSR count). The van der Waals surface area contributed by atoms with E-state index in [9.17, 15) is 4.79 Å². The second kappa shape index (κ2) is 9.60. The van der Waals surface area contributed by atoms with E-state index in [1.807, 2.05) is 25.1 Å². The standard InChI is InChI=1S/C23H27N3OS/c1-4-18-12-9-13-19(5-2)22(18)26-21(27)15-28-23-24-16(3)20(25-23)14-17-10-7-6-8-11-17/h6-13H,4-5,14-15H2,1-3H3,(H,24,25)(H,26,27). The number of hydrogen-bond acceptors (Lipinski definition) is 3. The predicted molar refractivity (Wildman–Crippen MR) is 117 cm³/mol. The van der Waals surface area contributed by atoms with Crippen molar-refractivity contribution < 1.29 is 4.79 Å². The zero-order valence-corrected chi connectivity index (χ0v) is 17.5. The van der Waals surface area contributed by atoms with Gasteiger partial charge in [0.05, 0.1) is 11.4 Å². The minimum atomic E-state index is -0.000683. The number of carbonyl (C=O) groups is 1. The topological polar surface area (TPSA) is 57.8 Å². The molecule has 2 N–H and O–H groups in total. The van der Waals surface area contributed by atoms with E-state index in [2.05, 4.69) is 59.5 Å². The number of thioether (sulfide) groups is 1. The first-order valence-electron chi connectivity index (χ1n) is 9.73. The maximum absolute atomic E-state index is 12.5. The van der Waals surface area contributed by atoms with E-state index in [-0.39, 0.29) is 5.91 Å². The average Bonchev–Trinajstić information content (AvgIpc) is 3.06. The molecule has 1 amide bonds. The van der Waals surface area contributed by atoms with Crippen molar-refractivity contribution in [2.75, 3.05) is 11.1 Å². The van der Waals surface area contributed by atoms with Crippen molar-refractivity contribution in [2.45, 2.75) is 45.2 Å². The first-order chi connectivity index (χ1) is 13.6. The van der Waals surface area contributed by atoms with Gasteiger partial charge < -0.3 is 10.3 Å². The maximum Gasteiger partial charge on any atom is 0.234 e. The number of benzene rings is 2. The van der Waals surface area contributed by atoms with Crippen molar-refractivity contribution in [3.8, 4) is 0 Å². The largest absolute Gasteiger partial charge is 0.337 e. The Kier molecular flexibility index (Phi) is 6.93. The molecular weight excluding hydrogens is 366 g/mol. The predicted octanol–water partition coefficient (Wildman–Crippen LogP) is 5.16. The van der Waals surface area contributed by atoms with Crippen LogP contribution in [0.15, 0.2) is 53.7 Å². The van der Waals surface area contributed by atoms with Crippen LogP contribution in [0.5, 0.6) is 0 Å². The number of imidazole rings is 1. The van der Waals surface area contributed by atoms with Crippen LogP contribution in [0.4, 0.5) is 5.69 Å². The van der Waals surface area contributed by atoms with Crippen LogP contribution in [0.1, 0.15) is 41.9 Å². The van der Waals surface area contributed by atoms with Crippen molar-refractivity contribution in [2.24, 2.45) is 0 Å². The lowest BCUT2D eigenvalue weighted by Gasteiger charge is -2.14. The Morgan fingerprint density at radius 2 is 1.71 bits per heavy atom. The fourth-order valence-electron chi connectivity index (χ4n) is 3.21. The smallest absolute Gasteiger partial charge is 0.234 e. The molecule has 0 saturated heterocycles. The third kappa shape index (κ3) is 5.04. The molecule has 0 fully saturated rings. The first-order valence-corrected chi connectivity index (χ1v) is 10.7. The van der Waals surface area contributed by atoms with Crippen molar-refractivity contribution in [1.82, 2.24) is 9.97 Å². The highest BCUT2D eigenvalue weighted by molar-refractivity contribution is 7.99. The number of nitrogens with zero attached hydrogens (tertiary/aromatic N) is 1. The lowest BCUT2D eigenvalue weighted by Crippen LogP contribution is -2.16. The number of para-hydroxylation sites is 1. The van der Waals surface area contributed by atoms with Crippen LogP contribution in [-0.2, 0) is 24.1 Å². The summed E-state index contributed by atoms with van der Waals surface area (Å²) in [5.41, 5.74) is 6.64. The summed E-state index contributed by atoms with van der Waals surface area (Å²) < 4.78 is 0. The van der Waals surface area contributed by atoms with Gasteiger partial charge in [-0.3, -0.25) is 4.79 Å². The molecule has 0 saturated carbocycles. The van der Waals surface area contributed by atoms with Crippen LogP contribution < -0.4 is 5.32 Å². The van der Waals surface area contributed by atoms with Crippen molar-refractivity contribution in [3.63, 3.8) is 0 Å². The van der Waals surface area contributed by atoms with Gasteiger partial charge in [-0.25, -0.2) is 4.98 Å². The fourth-order valence-corrected chi connectivity index (χ4v) is 3.95. The molecule has 2 aromatic carbocycles. The first kappa shape index (κ1) is 20.2. The number of aryl methyl sites for hydroxylation is 3. The quantitative estimate of drug-likeness (QED) is 0.520. The van der Waals surface area contributed by atoms with Crippen LogP contribution in [0.3, 0.4) is 0 Å². The molecule has 5 heteroatoms. The molecule has 0 radical (unpaired) electrons. The fraction of sp³-hybridized carbons (Fsp3) is 0.304. The van der Waals surface area contributed by atoms with Gasteiger partial charge in [-0.1, -0.05) is 74.1 Å². The molecule has 0 aliphatic heterocycles. The normalized spacial score (nSPS) is 10.8. The van der Waals surface area contributed by atoms with Crippen molar-refractivity contribution >= 4 is 23.4 Å². The molecule has 4 nitrogen and oxygen atoms in total. The Bertz CT molecular complexity index is 912. The van der Waals surface area contributed by atoms with Gasteiger partial charge in [0.1, 0.15) is 0 Å². The number of carbonyl (C=O) groups excluding carboxylic acids is 1. The number of hydrogen-bond donors (Lipinski definition) is 2. The van der Waals surface area contributed by atoms with Crippen LogP contribution in [0, 0.1) is 6.92 Å². The number of amides is 1. The number of nitrogens with one attached hydrogen (secondary N) is 2. The van der Waals surface area contributed by atoms with E-state index in [1.165, 1.54) is 28.5 Å². The number of aromatic amines is 1. The van der Waals surface area contributed by atoms with Gasteiger partial charge in [0.25, 0.3) is 0 Å². The van der Waals surface area contributed by atoms with Crippen LogP contribution in [0.25, 0.3) is 0 Å². The van der Waals surface area contributed by atoms with E-state index in [0.717, 1.165) is 41.5 Å². The molecule has 28 heavy (non-hydrogen) atoms. The number of aromatic nitrogens is 2. The summed E-state index contributed by atoms with van der Waals surface area (Å²) in [6.45, 7) is 6.25. The average molecular weight is 394 g/mol. The Morgan fingerprint density at radius 3 is 2.36 bits per heavy atom. The summed E-state index contributed by atoms with van der Waals surface area (Å²) >= 11 is 1.44. The molecule has 0 atom stereocenters. The van der Waals surface area contributed by atoms with Crippen LogP contribution in [-0.4, -0.2) is 21.6 Å². The van der Waals surface area contributed by atoms with Gasteiger partial charge >= 0.3 is 0 Å². The zero-order valence-electron chi connectivity index (χ0n) is 16.7. The van der Waals surface area contributed by atoms with E-state index in [1.54, 1.807) is 0 Å². The molecule has 0 aliphatic carbocycles. The minimum Gasteiger partial charge on any atom is -0.337 e. The highest BCUT2D eigenvalue weighted by Gasteiger charge is 2.13. The highest BCUT2D eigenvalue weighted by Crippen LogP contribution is 2.24. The molecule has 146 valence electrons. The number of anilines is 1. The molecule has 3 aromatic rings. The van der Waals surface area contributed by atoms with Crippen molar-refractivity contribution in [3.05, 3.63) is 76.6 Å². The summed E-state index contributed by atoms with van der Waals surface area (Å²) in [6, 6.07) is 16.5. The summed E-state index contributed by atoms with van der Waals surface area (Å²) in [5.74, 6) is 0.332. The second-order valence-corrected chi connectivity index (χ2v) is 7.74. The third-order valence-corrected chi connectivity index (χ3v) is 5.65. The molecule has 0 aliphatic rings. The van der Waals surface area contributed by atoms with Crippen LogP contribution >= 0.6 is 11.8 Å². The molecule has 0 bridgehead atoms. The van der Waals surface area contributed by atoms with Gasteiger partial charge in [-0.05, 0) is 36.5 Å². The summed E-state index contributed by atoms with van der Waals surface area (Å²) in [5, 5.41) is 3.90. The lowest BCUT2D eigenvalue weighted by atomic mass is 10.0. The maximum atomic E-state index is 12.5. The summed E-state index contributed by atoms with van der Waals surface area (Å²) in [4.78, 5) is 20.5. The van der Waals surface area contributed by atoms with Crippen LogP contribution in [0.2, 0.25) is 0 Å². The molecule has 0 spiro atoms. The Balaban J connectivity index is 1.62. The highest BCUT2D eigenvalue weighted by atomic mass is 32.2. The van der Waals surface area contributed by atoms with E-state index in [0.29, 0.717) is 5.75 Å². The van der Waals surface area contributed by atoms with Gasteiger partial charge in [-0.15, -0.1) is 0 Å². The second-order valence-electron chi connectivity index (χ2n) is 6.77. The molecule has 0 unspecified atom stereocenters. The molecular formula is C23H27N3OS. The Morgan fingerprint density at radius 1 is 1.04 bits per heavy atom. The van der Waals surface area contributed by atoms with Gasteiger partial charge in [0.15, 0.2) is 5.16 Å². The van der Waals surface area contributed by atoms with Gasteiger partial charge in [-0.2, -0.15) is 0 Å². The minimum absolute atomic E-state index is 0.000683. The monoisotopic (exact) mass is 393 g/mol. The Hall–Kier alpha value is -2.53. The molecule has 1 aromatic heterocycles. The lowest BCUT2D eigenvalue weighted by molar-refractivity contribution is -0.113. The molecule has 1 heterocycles. The van der Waals surface area contributed by atoms with E-state index < -0.39 is 0 Å². The zero-order chi connectivity index (χ0) is 19.9. The third-order valence-electron chi connectivity index (χ3n) is 4.78. The number of rotatable bonds is 8. The summed E-state index contributed by atoms with van der Waals surface area (Å²) in [6.07, 6.45) is 2.59. The summed E-state index contributed by atoms with van der Waals surface area (Å²) in [7, 11) is 0. The Labute approximate surface area is 171 Å². The van der Waals surface area contributed by atoms with E-state index >= 15 is 0 Å². The van der Waals surface area contributed by atoms with Crippen molar-refractivity contribution in [1.29, 1.82) is 0 Å². The van der Waals surface area contributed by atoms with E-state index in [4.69, 9.17) is 0 Å². The van der Waals surface area contributed by atoms with Gasteiger partial charge in [0.2, 0.25) is 5.91 Å². The number of H-pyrrole nitrogens is 1. The van der Waals surface area contributed by atoms with Gasteiger partial charge in [0, 0.05) is 17.8 Å².